The van der Waals surface area contributed by atoms with Crippen LogP contribution in [0.1, 0.15) is 57.9 Å². The molecular formula is C17H26N2. The molecule has 1 unspecified atom stereocenters. The standard InChI is InChI=1S/C17H26N2/c1-4-5-6-7-8-13-17(3,14-18)19-16-11-9-15(2)10-12-16/h9-12,19H,4-8,13H2,1-3H3. The van der Waals surface area contributed by atoms with Gasteiger partial charge in [-0.3, -0.25) is 0 Å². The summed E-state index contributed by atoms with van der Waals surface area (Å²) < 4.78 is 0. The molecule has 0 heterocycles. The second kappa shape index (κ2) is 7.84. The fourth-order valence-electron chi connectivity index (χ4n) is 2.18. The van der Waals surface area contributed by atoms with Crippen LogP contribution in [0, 0.1) is 18.3 Å². The van der Waals surface area contributed by atoms with Crippen LogP contribution in [-0.4, -0.2) is 5.54 Å². The molecule has 0 radical (unpaired) electrons. The third-order valence-corrected chi connectivity index (χ3v) is 3.50. The van der Waals surface area contributed by atoms with E-state index in [9.17, 15) is 5.26 Å². The van der Waals surface area contributed by atoms with Crippen LogP contribution in [0.2, 0.25) is 0 Å². The molecule has 0 bridgehead atoms. The number of benzene rings is 1. The van der Waals surface area contributed by atoms with Gasteiger partial charge in [0, 0.05) is 5.69 Å². The van der Waals surface area contributed by atoms with Crippen molar-refractivity contribution in [3.63, 3.8) is 0 Å². The molecule has 0 aliphatic rings. The maximum absolute atomic E-state index is 9.39. The quantitative estimate of drug-likeness (QED) is 0.662. The minimum atomic E-state index is -0.457. The molecule has 0 aromatic heterocycles. The molecule has 1 aromatic rings. The van der Waals surface area contributed by atoms with E-state index in [1.807, 2.05) is 19.1 Å². The Kier molecular flexibility index (Phi) is 6.42. The number of anilines is 1. The summed E-state index contributed by atoms with van der Waals surface area (Å²) in [7, 11) is 0. The van der Waals surface area contributed by atoms with Gasteiger partial charge in [0.2, 0.25) is 0 Å². The average Bonchev–Trinajstić information content (AvgIpc) is 2.41. The van der Waals surface area contributed by atoms with E-state index in [0.717, 1.165) is 18.5 Å². The summed E-state index contributed by atoms with van der Waals surface area (Å²) in [6, 6.07) is 10.7. The number of hydrogen-bond acceptors (Lipinski definition) is 2. The second-order valence-electron chi connectivity index (χ2n) is 5.60. The molecule has 19 heavy (non-hydrogen) atoms. The second-order valence-corrected chi connectivity index (χ2v) is 5.60. The zero-order valence-corrected chi connectivity index (χ0v) is 12.5. The molecule has 1 N–H and O–H groups in total. The van der Waals surface area contributed by atoms with Crippen LogP contribution >= 0.6 is 0 Å². The molecule has 1 rings (SSSR count). The average molecular weight is 258 g/mol. The summed E-state index contributed by atoms with van der Waals surface area (Å²) in [5.41, 5.74) is 1.81. The fourth-order valence-corrected chi connectivity index (χ4v) is 2.18. The van der Waals surface area contributed by atoms with Crippen LogP contribution < -0.4 is 5.32 Å². The first-order valence-corrected chi connectivity index (χ1v) is 7.36. The number of nitriles is 1. The molecule has 0 fully saturated rings. The molecule has 0 saturated carbocycles. The first kappa shape index (κ1) is 15.6. The monoisotopic (exact) mass is 258 g/mol. The van der Waals surface area contributed by atoms with Gasteiger partial charge in [0.05, 0.1) is 6.07 Å². The SMILES string of the molecule is CCCCCCCC(C)(C#N)Nc1ccc(C)cc1. The first-order valence-electron chi connectivity index (χ1n) is 7.36. The zero-order valence-electron chi connectivity index (χ0n) is 12.5. The van der Waals surface area contributed by atoms with Crippen LogP contribution in [0.4, 0.5) is 5.69 Å². The topological polar surface area (TPSA) is 35.8 Å². The summed E-state index contributed by atoms with van der Waals surface area (Å²) >= 11 is 0. The summed E-state index contributed by atoms with van der Waals surface area (Å²) in [5.74, 6) is 0. The lowest BCUT2D eigenvalue weighted by Crippen LogP contribution is -2.32. The number of unbranched alkanes of at least 4 members (excludes halogenated alkanes) is 4. The van der Waals surface area contributed by atoms with E-state index in [4.69, 9.17) is 0 Å². The van der Waals surface area contributed by atoms with Crippen molar-refractivity contribution in [2.45, 2.75) is 64.8 Å². The van der Waals surface area contributed by atoms with Crippen molar-refractivity contribution in [2.75, 3.05) is 5.32 Å². The van der Waals surface area contributed by atoms with Crippen molar-refractivity contribution in [3.05, 3.63) is 29.8 Å². The number of aryl methyl sites for hydroxylation is 1. The molecule has 1 atom stereocenters. The predicted molar refractivity (Wildman–Crippen MR) is 82.2 cm³/mol. The van der Waals surface area contributed by atoms with E-state index < -0.39 is 5.54 Å². The Balaban J connectivity index is 2.46. The maximum Gasteiger partial charge on any atom is 0.122 e. The van der Waals surface area contributed by atoms with E-state index in [-0.39, 0.29) is 0 Å². The van der Waals surface area contributed by atoms with Crippen molar-refractivity contribution >= 4 is 5.69 Å². The molecule has 104 valence electrons. The van der Waals surface area contributed by atoms with E-state index in [1.165, 1.54) is 31.2 Å². The largest absolute Gasteiger partial charge is 0.368 e. The Morgan fingerprint density at radius 3 is 2.32 bits per heavy atom. The van der Waals surface area contributed by atoms with Crippen LogP contribution in [0.3, 0.4) is 0 Å². The van der Waals surface area contributed by atoms with Crippen molar-refractivity contribution in [3.8, 4) is 6.07 Å². The highest BCUT2D eigenvalue weighted by molar-refractivity contribution is 5.48. The number of hydrogen-bond donors (Lipinski definition) is 1. The van der Waals surface area contributed by atoms with Gasteiger partial charge in [-0.1, -0.05) is 56.7 Å². The highest BCUT2D eigenvalue weighted by Crippen LogP contribution is 2.21. The normalized spacial score (nSPS) is 13.6. The van der Waals surface area contributed by atoms with Crippen LogP contribution in [-0.2, 0) is 0 Å². The number of rotatable bonds is 8. The number of nitrogens with one attached hydrogen (secondary N) is 1. The Labute approximate surface area is 117 Å². The summed E-state index contributed by atoms with van der Waals surface area (Å²) in [5, 5.41) is 12.8. The van der Waals surface area contributed by atoms with Gasteiger partial charge in [-0.05, 0) is 32.4 Å². The highest BCUT2D eigenvalue weighted by Gasteiger charge is 2.22. The molecule has 0 saturated heterocycles. The van der Waals surface area contributed by atoms with E-state index >= 15 is 0 Å². The highest BCUT2D eigenvalue weighted by atomic mass is 15.0. The third kappa shape index (κ3) is 5.79. The Morgan fingerprint density at radius 2 is 1.74 bits per heavy atom. The van der Waals surface area contributed by atoms with E-state index in [1.54, 1.807) is 0 Å². The van der Waals surface area contributed by atoms with Crippen LogP contribution in [0.25, 0.3) is 0 Å². The molecule has 0 aliphatic heterocycles. The first-order chi connectivity index (χ1) is 9.09. The van der Waals surface area contributed by atoms with Gasteiger partial charge < -0.3 is 5.32 Å². The smallest absolute Gasteiger partial charge is 0.122 e. The van der Waals surface area contributed by atoms with Crippen molar-refractivity contribution in [1.82, 2.24) is 0 Å². The van der Waals surface area contributed by atoms with Crippen LogP contribution in [0.15, 0.2) is 24.3 Å². The van der Waals surface area contributed by atoms with Gasteiger partial charge in [0.15, 0.2) is 0 Å². The summed E-state index contributed by atoms with van der Waals surface area (Å²) in [4.78, 5) is 0. The minimum Gasteiger partial charge on any atom is -0.368 e. The molecular weight excluding hydrogens is 232 g/mol. The fraction of sp³-hybridized carbons (Fsp3) is 0.588. The molecule has 2 heteroatoms. The van der Waals surface area contributed by atoms with Crippen LogP contribution in [0.5, 0.6) is 0 Å². The molecule has 0 amide bonds. The maximum atomic E-state index is 9.39. The summed E-state index contributed by atoms with van der Waals surface area (Å²) in [6.45, 7) is 6.28. The van der Waals surface area contributed by atoms with Crippen molar-refractivity contribution in [2.24, 2.45) is 0 Å². The molecule has 0 spiro atoms. The Morgan fingerprint density at radius 1 is 1.11 bits per heavy atom. The van der Waals surface area contributed by atoms with Gasteiger partial charge >= 0.3 is 0 Å². The predicted octanol–water partition coefficient (Wildman–Crippen LogP) is 5.05. The lowest BCUT2D eigenvalue weighted by atomic mass is 9.95. The molecule has 0 aliphatic carbocycles. The van der Waals surface area contributed by atoms with Gasteiger partial charge in [0.1, 0.15) is 5.54 Å². The summed E-state index contributed by atoms with van der Waals surface area (Å²) in [6.07, 6.45) is 7.08. The zero-order chi connectivity index (χ0) is 14.1. The minimum absolute atomic E-state index is 0.457. The number of nitrogens with zero attached hydrogens (tertiary/aromatic N) is 1. The van der Waals surface area contributed by atoms with E-state index in [0.29, 0.717) is 0 Å². The van der Waals surface area contributed by atoms with Gasteiger partial charge in [-0.15, -0.1) is 0 Å². The van der Waals surface area contributed by atoms with Crippen molar-refractivity contribution in [1.29, 1.82) is 5.26 Å². The van der Waals surface area contributed by atoms with Crippen molar-refractivity contribution < 1.29 is 0 Å². The van der Waals surface area contributed by atoms with Gasteiger partial charge in [-0.2, -0.15) is 5.26 Å². The lowest BCUT2D eigenvalue weighted by molar-refractivity contribution is 0.522. The third-order valence-electron chi connectivity index (χ3n) is 3.50. The Bertz CT molecular complexity index is 402. The Hall–Kier alpha value is -1.49. The molecule has 1 aromatic carbocycles. The molecule has 2 nitrogen and oxygen atoms in total. The van der Waals surface area contributed by atoms with Gasteiger partial charge in [0.25, 0.3) is 0 Å². The van der Waals surface area contributed by atoms with E-state index in [2.05, 4.69) is 37.4 Å². The van der Waals surface area contributed by atoms with Gasteiger partial charge in [-0.25, -0.2) is 0 Å². The lowest BCUT2D eigenvalue weighted by Gasteiger charge is -2.24.